The standard InChI is InChI=1S/C23H38O2/c1-8-16(3)22(24)25-20-14-15(2)13-18-10-9-17(4)19(21(18)20)11-12-23(5,6)7/h9-10,13,15-17,19-21H,8,11-12,14H2,1-7H3/t15-,16-,17-,19?,20-,21-/m0/s1. The highest BCUT2D eigenvalue weighted by Gasteiger charge is 2.41. The molecule has 1 unspecified atom stereocenters. The molecule has 2 rings (SSSR count). The van der Waals surface area contributed by atoms with E-state index in [1.54, 1.807) is 0 Å². The number of carbonyl (C=O) groups excluding carboxylic acids is 1. The monoisotopic (exact) mass is 346 g/mol. The van der Waals surface area contributed by atoms with Crippen molar-refractivity contribution in [3.05, 3.63) is 23.8 Å². The molecule has 2 nitrogen and oxygen atoms in total. The Hall–Kier alpha value is -1.05. The third kappa shape index (κ3) is 5.21. The van der Waals surface area contributed by atoms with Crippen molar-refractivity contribution >= 4 is 5.97 Å². The number of fused-ring (bicyclic) bond motifs is 1. The third-order valence-electron chi connectivity index (χ3n) is 6.11. The number of carbonyl (C=O) groups is 1. The van der Waals surface area contributed by atoms with Crippen molar-refractivity contribution in [3.8, 4) is 0 Å². The van der Waals surface area contributed by atoms with Crippen LogP contribution in [0.3, 0.4) is 0 Å². The predicted molar refractivity (Wildman–Crippen MR) is 105 cm³/mol. The van der Waals surface area contributed by atoms with Crippen LogP contribution in [0.25, 0.3) is 0 Å². The van der Waals surface area contributed by atoms with Gasteiger partial charge >= 0.3 is 5.97 Å². The molecule has 0 aromatic carbocycles. The quantitative estimate of drug-likeness (QED) is 0.556. The van der Waals surface area contributed by atoms with E-state index in [4.69, 9.17) is 4.74 Å². The number of ether oxygens (including phenoxy) is 1. The van der Waals surface area contributed by atoms with Crippen LogP contribution in [0, 0.1) is 35.0 Å². The molecule has 2 aliphatic rings. The van der Waals surface area contributed by atoms with Crippen molar-refractivity contribution in [3.63, 3.8) is 0 Å². The number of hydrogen-bond acceptors (Lipinski definition) is 2. The van der Waals surface area contributed by atoms with E-state index in [9.17, 15) is 4.79 Å². The summed E-state index contributed by atoms with van der Waals surface area (Å²) in [7, 11) is 0. The fourth-order valence-corrected chi connectivity index (χ4v) is 4.25. The second-order valence-electron chi connectivity index (χ2n) is 9.67. The van der Waals surface area contributed by atoms with E-state index in [1.165, 1.54) is 18.4 Å². The Balaban J connectivity index is 2.23. The van der Waals surface area contributed by atoms with E-state index < -0.39 is 0 Å². The van der Waals surface area contributed by atoms with Gasteiger partial charge in [-0.25, -0.2) is 0 Å². The van der Waals surface area contributed by atoms with Gasteiger partial charge < -0.3 is 4.74 Å². The van der Waals surface area contributed by atoms with Crippen LogP contribution >= 0.6 is 0 Å². The fourth-order valence-electron chi connectivity index (χ4n) is 4.25. The number of rotatable bonds is 5. The first-order valence-electron chi connectivity index (χ1n) is 10.2. The first-order valence-corrected chi connectivity index (χ1v) is 10.2. The predicted octanol–water partition coefficient (Wildman–Crippen LogP) is 6.18. The summed E-state index contributed by atoms with van der Waals surface area (Å²) >= 11 is 0. The molecule has 0 saturated carbocycles. The number of allylic oxidation sites excluding steroid dienone is 3. The van der Waals surface area contributed by atoms with Gasteiger partial charge in [0.25, 0.3) is 0 Å². The van der Waals surface area contributed by atoms with Crippen LogP contribution in [0.15, 0.2) is 23.8 Å². The molecule has 0 saturated heterocycles. The fraction of sp³-hybridized carbons (Fsp3) is 0.783. The minimum Gasteiger partial charge on any atom is -0.461 e. The van der Waals surface area contributed by atoms with E-state index in [1.807, 2.05) is 6.92 Å². The van der Waals surface area contributed by atoms with E-state index >= 15 is 0 Å². The highest BCUT2D eigenvalue weighted by atomic mass is 16.5. The van der Waals surface area contributed by atoms with E-state index in [0.717, 1.165) is 12.8 Å². The third-order valence-corrected chi connectivity index (χ3v) is 6.11. The molecule has 0 aromatic heterocycles. The Kier molecular flexibility index (Phi) is 6.56. The zero-order valence-corrected chi connectivity index (χ0v) is 17.3. The molecule has 0 amide bonds. The Morgan fingerprint density at radius 1 is 1.32 bits per heavy atom. The van der Waals surface area contributed by atoms with Gasteiger partial charge in [-0.2, -0.15) is 0 Å². The van der Waals surface area contributed by atoms with Crippen molar-refractivity contribution in [1.29, 1.82) is 0 Å². The summed E-state index contributed by atoms with van der Waals surface area (Å²) in [6.07, 6.45) is 11.3. The van der Waals surface area contributed by atoms with Gasteiger partial charge in [-0.3, -0.25) is 4.79 Å². The first kappa shape index (κ1) is 20.3. The van der Waals surface area contributed by atoms with Gasteiger partial charge in [-0.1, -0.05) is 66.7 Å². The summed E-state index contributed by atoms with van der Waals surface area (Å²) < 4.78 is 6.08. The largest absolute Gasteiger partial charge is 0.461 e. The Morgan fingerprint density at radius 2 is 2.00 bits per heavy atom. The van der Waals surface area contributed by atoms with Crippen molar-refractivity contribution in [1.82, 2.24) is 0 Å². The van der Waals surface area contributed by atoms with Crippen molar-refractivity contribution in [2.45, 2.75) is 80.3 Å². The average Bonchev–Trinajstić information content (AvgIpc) is 2.52. The minimum atomic E-state index is -0.0160. The SMILES string of the molecule is CC[C@H](C)C(=O)O[C@H]1C[C@@H](C)C=C2C=C[C@H](C)C(CCC(C)(C)C)[C@H]21. The van der Waals surface area contributed by atoms with Crippen LogP contribution in [-0.4, -0.2) is 12.1 Å². The van der Waals surface area contributed by atoms with Gasteiger partial charge in [-0.15, -0.1) is 0 Å². The second-order valence-corrected chi connectivity index (χ2v) is 9.67. The molecule has 142 valence electrons. The van der Waals surface area contributed by atoms with Crippen molar-refractivity contribution < 1.29 is 9.53 Å². The summed E-state index contributed by atoms with van der Waals surface area (Å²) in [6, 6.07) is 0. The molecule has 6 atom stereocenters. The Labute approximate surface area is 155 Å². The van der Waals surface area contributed by atoms with Gasteiger partial charge in [0, 0.05) is 5.92 Å². The van der Waals surface area contributed by atoms with Gasteiger partial charge in [0.2, 0.25) is 0 Å². The molecule has 0 fully saturated rings. The lowest BCUT2D eigenvalue weighted by atomic mass is 9.64. The minimum absolute atomic E-state index is 0.00533. The van der Waals surface area contributed by atoms with Crippen LogP contribution in [0.4, 0.5) is 0 Å². The summed E-state index contributed by atoms with van der Waals surface area (Å²) in [6.45, 7) is 15.5. The van der Waals surface area contributed by atoms with Crippen LogP contribution in [-0.2, 0) is 9.53 Å². The molecule has 0 N–H and O–H groups in total. The lowest BCUT2D eigenvalue weighted by Crippen LogP contribution is -2.41. The molecule has 25 heavy (non-hydrogen) atoms. The zero-order valence-electron chi connectivity index (χ0n) is 17.3. The molecular weight excluding hydrogens is 308 g/mol. The molecule has 0 aliphatic heterocycles. The zero-order chi connectivity index (χ0) is 18.8. The maximum atomic E-state index is 12.5. The van der Waals surface area contributed by atoms with Crippen LogP contribution in [0.1, 0.15) is 74.1 Å². The van der Waals surface area contributed by atoms with Crippen molar-refractivity contribution in [2.75, 3.05) is 0 Å². The summed E-state index contributed by atoms with van der Waals surface area (Å²) in [5.41, 5.74) is 1.74. The maximum absolute atomic E-state index is 12.5. The van der Waals surface area contributed by atoms with Crippen LogP contribution in [0.5, 0.6) is 0 Å². The molecule has 0 bridgehead atoms. The maximum Gasteiger partial charge on any atom is 0.308 e. The van der Waals surface area contributed by atoms with Crippen molar-refractivity contribution in [2.24, 2.45) is 35.0 Å². The summed E-state index contributed by atoms with van der Waals surface area (Å²) in [4.78, 5) is 12.5. The summed E-state index contributed by atoms with van der Waals surface area (Å²) in [5, 5.41) is 0. The normalized spacial score (nSPS) is 33.4. The van der Waals surface area contributed by atoms with Gasteiger partial charge in [0.1, 0.15) is 6.10 Å². The lowest BCUT2D eigenvalue weighted by molar-refractivity contribution is -0.158. The molecule has 0 heterocycles. The second kappa shape index (κ2) is 8.10. The molecule has 0 spiro atoms. The molecular formula is C23H38O2. The Bertz CT molecular complexity index is 523. The molecule has 0 radical (unpaired) electrons. The number of hydrogen-bond donors (Lipinski definition) is 0. The Morgan fingerprint density at radius 3 is 2.60 bits per heavy atom. The first-order chi connectivity index (χ1) is 11.6. The summed E-state index contributed by atoms with van der Waals surface area (Å²) in [5.74, 6) is 1.93. The van der Waals surface area contributed by atoms with E-state index in [2.05, 4.69) is 59.8 Å². The highest BCUT2D eigenvalue weighted by Crippen LogP contribution is 2.45. The lowest BCUT2D eigenvalue weighted by Gasteiger charge is -2.43. The number of esters is 1. The smallest absolute Gasteiger partial charge is 0.308 e. The van der Waals surface area contributed by atoms with Crippen LogP contribution < -0.4 is 0 Å². The van der Waals surface area contributed by atoms with Crippen LogP contribution in [0.2, 0.25) is 0 Å². The van der Waals surface area contributed by atoms with E-state index in [0.29, 0.717) is 29.1 Å². The van der Waals surface area contributed by atoms with E-state index in [-0.39, 0.29) is 18.0 Å². The molecule has 2 heteroatoms. The highest BCUT2D eigenvalue weighted by molar-refractivity contribution is 5.72. The average molecular weight is 347 g/mol. The van der Waals surface area contributed by atoms with Gasteiger partial charge in [-0.05, 0) is 54.4 Å². The topological polar surface area (TPSA) is 26.3 Å². The van der Waals surface area contributed by atoms with Gasteiger partial charge in [0.15, 0.2) is 0 Å². The molecule has 2 aliphatic carbocycles. The molecule has 0 aromatic rings. The van der Waals surface area contributed by atoms with Gasteiger partial charge in [0.05, 0.1) is 5.92 Å².